The van der Waals surface area contributed by atoms with E-state index in [1.54, 1.807) is 0 Å². The molecule has 106 valence electrons. The Morgan fingerprint density at radius 2 is 1.95 bits per heavy atom. The maximum Gasteiger partial charge on any atom is 0.251 e. The number of nitrogens with one attached hydrogen (secondary N) is 1. The molecule has 2 rings (SSSR count). The number of hydrogen-bond acceptors (Lipinski definition) is 2. The third kappa shape index (κ3) is 3.58. The van der Waals surface area contributed by atoms with Gasteiger partial charge in [-0.2, -0.15) is 0 Å². The fraction of sp³-hybridized carbons (Fsp3) is 0.312. The maximum atomic E-state index is 12.2. The van der Waals surface area contributed by atoms with Gasteiger partial charge in [-0.3, -0.25) is 4.79 Å². The zero-order valence-corrected chi connectivity index (χ0v) is 13.1. The largest absolute Gasteiger partial charge is 0.348 e. The predicted octanol–water partition coefficient (Wildman–Crippen LogP) is 3.46. The summed E-state index contributed by atoms with van der Waals surface area (Å²) in [6.45, 7) is 2.56. The number of hydrogen-bond donors (Lipinski definition) is 2. The Labute approximate surface area is 127 Å². The lowest BCUT2D eigenvalue weighted by Gasteiger charge is -2.16. The van der Waals surface area contributed by atoms with Crippen molar-refractivity contribution in [2.24, 2.45) is 5.73 Å². The molecule has 1 unspecified atom stereocenters. The number of amides is 1. The zero-order chi connectivity index (χ0) is 14.5. The molecule has 0 fully saturated rings. The van der Waals surface area contributed by atoms with Gasteiger partial charge in [0.1, 0.15) is 0 Å². The number of carbonyl (C=O) groups excluding carboxylic acids is 1. The number of rotatable bonds is 5. The Morgan fingerprint density at radius 1 is 1.25 bits per heavy atom. The van der Waals surface area contributed by atoms with Gasteiger partial charge >= 0.3 is 0 Å². The lowest BCUT2D eigenvalue weighted by Crippen LogP contribution is -2.40. The number of nitrogens with two attached hydrogens (primary N) is 1. The van der Waals surface area contributed by atoms with E-state index in [1.165, 1.54) is 0 Å². The monoisotopic (exact) mass is 334 g/mol. The molecule has 0 saturated heterocycles. The fourth-order valence-corrected chi connectivity index (χ4v) is 2.60. The van der Waals surface area contributed by atoms with Gasteiger partial charge in [0.05, 0.1) is 0 Å². The zero-order valence-electron chi connectivity index (χ0n) is 11.5. The molecule has 0 aliphatic rings. The number of carbonyl (C=O) groups is 1. The van der Waals surface area contributed by atoms with Crippen LogP contribution < -0.4 is 11.1 Å². The number of halogens is 1. The quantitative estimate of drug-likeness (QED) is 0.879. The van der Waals surface area contributed by atoms with E-state index in [9.17, 15) is 4.79 Å². The van der Waals surface area contributed by atoms with Gasteiger partial charge in [-0.1, -0.05) is 41.4 Å². The van der Waals surface area contributed by atoms with Gasteiger partial charge in [0, 0.05) is 22.6 Å². The minimum absolute atomic E-state index is 0.0492. The number of benzene rings is 2. The summed E-state index contributed by atoms with van der Waals surface area (Å²) in [5, 5.41) is 5.15. The van der Waals surface area contributed by atoms with Crippen LogP contribution in [0.3, 0.4) is 0 Å². The first kappa shape index (κ1) is 15.0. The summed E-state index contributed by atoms with van der Waals surface area (Å²) < 4.78 is 1.04. The van der Waals surface area contributed by atoms with Gasteiger partial charge < -0.3 is 11.1 Å². The summed E-state index contributed by atoms with van der Waals surface area (Å²) in [4.78, 5) is 12.2. The lowest BCUT2D eigenvalue weighted by molar-refractivity contribution is 0.0936. The van der Waals surface area contributed by atoms with Gasteiger partial charge in [0.15, 0.2) is 0 Å². The van der Waals surface area contributed by atoms with E-state index < -0.39 is 0 Å². The van der Waals surface area contributed by atoms with Crippen molar-refractivity contribution >= 4 is 32.6 Å². The third-order valence-electron chi connectivity index (χ3n) is 3.32. The summed E-state index contributed by atoms with van der Waals surface area (Å²) in [6, 6.07) is 11.8. The second-order valence-corrected chi connectivity index (χ2v) is 5.82. The van der Waals surface area contributed by atoms with E-state index in [-0.39, 0.29) is 11.9 Å². The minimum atomic E-state index is -0.0567. The molecule has 0 spiro atoms. The van der Waals surface area contributed by atoms with E-state index in [0.717, 1.165) is 28.1 Å². The van der Waals surface area contributed by atoms with Crippen molar-refractivity contribution in [3.63, 3.8) is 0 Å². The Morgan fingerprint density at radius 3 is 2.65 bits per heavy atom. The van der Waals surface area contributed by atoms with Crippen molar-refractivity contribution in [1.29, 1.82) is 0 Å². The van der Waals surface area contributed by atoms with Crippen molar-refractivity contribution < 1.29 is 4.79 Å². The van der Waals surface area contributed by atoms with Crippen LogP contribution in [0, 0.1) is 0 Å². The lowest BCUT2D eigenvalue weighted by atomic mass is 10.1. The van der Waals surface area contributed by atoms with Crippen LogP contribution in [0.4, 0.5) is 0 Å². The molecule has 3 nitrogen and oxygen atoms in total. The van der Waals surface area contributed by atoms with Crippen LogP contribution in [0.15, 0.2) is 40.9 Å². The molecule has 0 heterocycles. The van der Waals surface area contributed by atoms with Crippen LogP contribution in [0.25, 0.3) is 10.8 Å². The molecular formula is C16H19BrN2O. The third-order valence-corrected chi connectivity index (χ3v) is 3.81. The van der Waals surface area contributed by atoms with E-state index in [0.29, 0.717) is 12.1 Å². The highest BCUT2D eigenvalue weighted by Gasteiger charge is 2.12. The van der Waals surface area contributed by atoms with Crippen LogP contribution in [0.5, 0.6) is 0 Å². The van der Waals surface area contributed by atoms with Gasteiger partial charge in [0.25, 0.3) is 5.91 Å². The van der Waals surface area contributed by atoms with Crippen molar-refractivity contribution in [2.45, 2.75) is 25.8 Å². The van der Waals surface area contributed by atoms with E-state index in [1.807, 2.05) is 36.4 Å². The highest BCUT2D eigenvalue weighted by molar-refractivity contribution is 9.10. The van der Waals surface area contributed by atoms with Gasteiger partial charge in [-0.25, -0.2) is 0 Å². The molecule has 0 aromatic heterocycles. The van der Waals surface area contributed by atoms with E-state index in [4.69, 9.17) is 5.73 Å². The Kier molecular flexibility index (Phi) is 5.15. The molecule has 1 amide bonds. The van der Waals surface area contributed by atoms with Crippen molar-refractivity contribution in [1.82, 2.24) is 5.32 Å². The first-order chi connectivity index (χ1) is 9.63. The molecule has 2 aromatic rings. The first-order valence-electron chi connectivity index (χ1n) is 6.84. The average Bonchev–Trinajstić information content (AvgIpc) is 2.46. The SMILES string of the molecule is CCCC(CN)NC(=O)c1ccc2cc(Br)ccc2c1. The molecule has 0 bridgehead atoms. The fourth-order valence-electron chi connectivity index (χ4n) is 2.22. The summed E-state index contributed by atoms with van der Waals surface area (Å²) >= 11 is 3.45. The molecule has 0 aliphatic heterocycles. The van der Waals surface area contributed by atoms with Crippen LogP contribution >= 0.6 is 15.9 Å². The second kappa shape index (κ2) is 6.86. The van der Waals surface area contributed by atoms with Crippen LogP contribution in [-0.2, 0) is 0 Å². The molecule has 4 heteroatoms. The summed E-state index contributed by atoms with van der Waals surface area (Å²) in [5.74, 6) is -0.0567. The molecule has 0 radical (unpaired) electrons. The van der Waals surface area contributed by atoms with Gasteiger partial charge in [-0.05, 0) is 41.5 Å². The Hall–Kier alpha value is -1.39. The maximum absolute atomic E-state index is 12.2. The summed E-state index contributed by atoms with van der Waals surface area (Å²) in [7, 11) is 0. The van der Waals surface area contributed by atoms with E-state index in [2.05, 4.69) is 28.2 Å². The Balaban J connectivity index is 2.20. The minimum Gasteiger partial charge on any atom is -0.348 e. The standard InChI is InChI=1S/C16H19BrN2O/c1-2-3-15(10-18)19-16(20)13-5-4-12-9-14(17)7-6-11(12)8-13/h4-9,15H,2-3,10,18H2,1H3,(H,19,20). The molecule has 1 atom stereocenters. The first-order valence-corrected chi connectivity index (χ1v) is 7.63. The molecule has 2 aromatic carbocycles. The number of fused-ring (bicyclic) bond motifs is 1. The molecule has 0 saturated carbocycles. The molecule has 3 N–H and O–H groups in total. The summed E-state index contributed by atoms with van der Waals surface area (Å²) in [6.07, 6.45) is 1.91. The van der Waals surface area contributed by atoms with Crippen molar-refractivity contribution in [3.05, 3.63) is 46.4 Å². The Bertz CT molecular complexity index is 612. The van der Waals surface area contributed by atoms with Crippen molar-refractivity contribution in [3.8, 4) is 0 Å². The molecule has 20 heavy (non-hydrogen) atoms. The molecular weight excluding hydrogens is 316 g/mol. The van der Waals surface area contributed by atoms with Crippen LogP contribution in [0.1, 0.15) is 30.1 Å². The normalized spacial score (nSPS) is 12.3. The molecule has 0 aliphatic carbocycles. The summed E-state index contributed by atoms with van der Waals surface area (Å²) in [5.41, 5.74) is 6.35. The highest BCUT2D eigenvalue weighted by atomic mass is 79.9. The second-order valence-electron chi connectivity index (χ2n) is 4.90. The topological polar surface area (TPSA) is 55.1 Å². The average molecular weight is 335 g/mol. The van der Waals surface area contributed by atoms with Crippen LogP contribution in [0.2, 0.25) is 0 Å². The van der Waals surface area contributed by atoms with E-state index >= 15 is 0 Å². The highest BCUT2D eigenvalue weighted by Crippen LogP contribution is 2.21. The predicted molar refractivity (Wildman–Crippen MR) is 86.9 cm³/mol. The van der Waals surface area contributed by atoms with Gasteiger partial charge in [0.2, 0.25) is 0 Å². The van der Waals surface area contributed by atoms with Crippen LogP contribution in [-0.4, -0.2) is 18.5 Å². The smallest absolute Gasteiger partial charge is 0.251 e. The van der Waals surface area contributed by atoms with Crippen molar-refractivity contribution in [2.75, 3.05) is 6.54 Å². The van der Waals surface area contributed by atoms with Gasteiger partial charge in [-0.15, -0.1) is 0 Å².